The number of pyridine rings is 1. The minimum Gasteiger partial charge on any atom is -0.489 e. The van der Waals surface area contributed by atoms with Crippen molar-refractivity contribution in [2.45, 2.75) is 23.9 Å². The number of thioether (sulfide) groups is 1. The second kappa shape index (κ2) is 9.63. The smallest absolute Gasteiger partial charge is 0.192 e. The zero-order valence-corrected chi connectivity index (χ0v) is 18.9. The van der Waals surface area contributed by atoms with Crippen LogP contribution in [0.15, 0.2) is 72.1 Å². The van der Waals surface area contributed by atoms with Crippen molar-refractivity contribution in [1.82, 2.24) is 19.7 Å². The summed E-state index contributed by atoms with van der Waals surface area (Å²) in [6, 6.07) is 18.1. The second-order valence-corrected chi connectivity index (χ2v) is 8.71. The third-order valence-electron chi connectivity index (χ3n) is 5.07. The Labute approximate surface area is 195 Å². The summed E-state index contributed by atoms with van der Waals surface area (Å²) in [4.78, 5) is 4.12. The average Bonchev–Trinajstić information content (AvgIpc) is 3.05. The van der Waals surface area contributed by atoms with Gasteiger partial charge in [0.1, 0.15) is 0 Å². The van der Waals surface area contributed by atoms with Gasteiger partial charge in [-0.2, -0.15) is 0 Å². The molecular weight excluding hydrogens is 444 g/mol. The maximum atomic E-state index is 6.47. The molecule has 2 aromatic carbocycles. The average molecular weight is 465 g/mol. The number of benzene rings is 2. The van der Waals surface area contributed by atoms with Gasteiger partial charge in [0.2, 0.25) is 0 Å². The molecule has 1 aliphatic heterocycles. The third kappa shape index (κ3) is 4.59. The molecule has 0 saturated heterocycles. The van der Waals surface area contributed by atoms with Crippen molar-refractivity contribution in [2.24, 2.45) is 0 Å². The van der Waals surface area contributed by atoms with Gasteiger partial charge in [-0.25, -0.2) is 0 Å². The van der Waals surface area contributed by atoms with Gasteiger partial charge in [-0.05, 0) is 35.4 Å². The Morgan fingerprint density at radius 1 is 0.938 bits per heavy atom. The lowest BCUT2D eigenvalue weighted by atomic mass is 10.2. The normalized spacial score (nSPS) is 13.0. The summed E-state index contributed by atoms with van der Waals surface area (Å²) in [6.45, 7) is 1.91. The zero-order valence-electron chi connectivity index (χ0n) is 17.3. The van der Waals surface area contributed by atoms with Crippen molar-refractivity contribution >= 4 is 23.4 Å². The number of fused-ring (bicyclic) bond motifs is 1. The molecule has 0 fully saturated rings. The van der Waals surface area contributed by atoms with Crippen molar-refractivity contribution < 1.29 is 9.47 Å². The minimum atomic E-state index is 0.572. The minimum absolute atomic E-state index is 0.572. The second-order valence-electron chi connectivity index (χ2n) is 7.36. The van der Waals surface area contributed by atoms with Crippen molar-refractivity contribution in [3.8, 4) is 22.9 Å². The summed E-state index contributed by atoms with van der Waals surface area (Å²) in [5.74, 6) is 2.83. The van der Waals surface area contributed by atoms with Crippen LogP contribution in [0.3, 0.4) is 0 Å². The third-order valence-corrected chi connectivity index (χ3v) is 6.39. The van der Waals surface area contributed by atoms with Crippen LogP contribution in [0.5, 0.6) is 11.5 Å². The number of aromatic nitrogens is 4. The summed E-state index contributed by atoms with van der Waals surface area (Å²) in [5, 5.41) is 10.4. The lowest BCUT2D eigenvalue weighted by molar-refractivity contribution is 0.297. The van der Waals surface area contributed by atoms with Crippen LogP contribution >= 0.6 is 23.4 Å². The van der Waals surface area contributed by atoms with Crippen LogP contribution in [0.2, 0.25) is 5.02 Å². The monoisotopic (exact) mass is 464 g/mol. The summed E-state index contributed by atoms with van der Waals surface area (Å²) >= 11 is 8.09. The Morgan fingerprint density at radius 3 is 2.59 bits per heavy atom. The van der Waals surface area contributed by atoms with Gasteiger partial charge in [0, 0.05) is 30.1 Å². The van der Waals surface area contributed by atoms with Gasteiger partial charge in [0.25, 0.3) is 0 Å². The van der Waals surface area contributed by atoms with Crippen molar-refractivity contribution in [3.05, 3.63) is 83.1 Å². The van der Waals surface area contributed by atoms with Gasteiger partial charge in [-0.3, -0.25) is 9.55 Å². The molecule has 5 rings (SSSR count). The topological polar surface area (TPSA) is 62.1 Å². The molecule has 1 aliphatic rings. The molecule has 0 spiro atoms. The quantitative estimate of drug-likeness (QED) is 0.351. The molecule has 0 saturated carbocycles. The van der Waals surface area contributed by atoms with Crippen molar-refractivity contribution in [1.29, 1.82) is 0 Å². The number of nitrogens with zero attached hydrogens (tertiary/aromatic N) is 4. The Kier molecular flexibility index (Phi) is 6.27. The van der Waals surface area contributed by atoms with E-state index in [4.69, 9.17) is 21.1 Å². The van der Waals surface area contributed by atoms with Gasteiger partial charge >= 0.3 is 0 Å². The van der Waals surface area contributed by atoms with E-state index in [0.29, 0.717) is 42.0 Å². The van der Waals surface area contributed by atoms with Gasteiger partial charge in [0.05, 0.1) is 24.8 Å². The van der Waals surface area contributed by atoms with Crippen LogP contribution in [0.25, 0.3) is 11.4 Å². The molecule has 0 atom stereocenters. The van der Waals surface area contributed by atoms with E-state index in [1.807, 2.05) is 42.5 Å². The lowest BCUT2D eigenvalue weighted by Crippen LogP contribution is -2.04. The summed E-state index contributed by atoms with van der Waals surface area (Å²) < 4.78 is 13.7. The summed E-state index contributed by atoms with van der Waals surface area (Å²) in [5.41, 5.74) is 3.21. The number of rotatable bonds is 6. The first-order valence-electron chi connectivity index (χ1n) is 10.4. The highest BCUT2D eigenvalue weighted by Crippen LogP contribution is 2.39. The lowest BCUT2D eigenvalue weighted by Gasteiger charge is -2.12. The van der Waals surface area contributed by atoms with E-state index >= 15 is 0 Å². The van der Waals surface area contributed by atoms with Crippen LogP contribution in [0.4, 0.5) is 0 Å². The molecule has 3 heterocycles. The summed E-state index contributed by atoms with van der Waals surface area (Å²) in [6.07, 6.45) is 4.38. The number of ether oxygens (including phenoxy) is 2. The number of hydrogen-bond donors (Lipinski definition) is 0. The molecule has 0 amide bonds. The van der Waals surface area contributed by atoms with Gasteiger partial charge in [-0.1, -0.05) is 53.7 Å². The van der Waals surface area contributed by atoms with E-state index in [1.165, 1.54) is 5.56 Å². The van der Waals surface area contributed by atoms with E-state index in [9.17, 15) is 0 Å². The predicted octanol–water partition coefficient (Wildman–Crippen LogP) is 5.50. The number of halogens is 1. The first-order chi connectivity index (χ1) is 15.8. The van der Waals surface area contributed by atoms with Crippen LogP contribution in [0, 0.1) is 0 Å². The molecule has 0 radical (unpaired) electrons. The molecule has 162 valence electrons. The highest BCUT2D eigenvalue weighted by molar-refractivity contribution is 7.98. The molecule has 6 nitrogen and oxygen atoms in total. The van der Waals surface area contributed by atoms with E-state index in [-0.39, 0.29) is 0 Å². The fourth-order valence-corrected chi connectivity index (χ4v) is 4.69. The van der Waals surface area contributed by atoms with Gasteiger partial charge in [-0.15, -0.1) is 10.2 Å². The molecule has 4 aromatic rings. The molecule has 0 aliphatic carbocycles. The first kappa shape index (κ1) is 20.8. The Morgan fingerprint density at radius 2 is 1.75 bits per heavy atom. The van der Waals surface area contributed by atoms with Crippen LogP contribution < -0.4 is 9.47 Å². The molecule has 2 aromatic heterocycles. The molecule has 8 heteroatoms. The van der Waals surface area contributed by atoms with E-state index in [1.54, 1.807) is 24.2 Å². The van der Waals surface area contributed by atoms with E-state index in [2.05, 4.69) is 31.9 Å². The number of hydrogen-bond acceptors (Lipinski definition) is 6. The molecule has 0 N–H and O–H groups in total. The van der Waals surface area contributed by atoms with Gasteiger partial charge < -0.3 is 9.47 Å². The highest BCUT2D eigenvalue weighted by atomic mass is 35.5. The molecular formula is C24H21ClN4O2S. The summed E-state index contributed by atoms with van der Waals surface area (Å²) in [7, 11) is 0. The van der Waals surface area contributed by atoms with Gasteiger partial charge in [0.15, 0.2) is 22.5 Å². The zero-order chi connectivity index (χ0) is 21.8. The molecule has 0 bridgehead atoms. The predicted molar refractivity (Wildman–Crippen MR) is 125 cm³/mol. The van der Waals surface area contributed by atoms with Crippen LogP contribution in [-0.2, 0) is 12.3 Å². The Balaban J connectivity index is 1.43. The molecule has 0 unspecified atom stereocenters. The standard InChI is InChI=1S/C24H21ClN4O2S/c25-20-13-18(14-21-22(20)31-12-4-11-30-21)16-32-24-28-27-23(19-7-9-26-10-8-19)29(24)15-17-5-2-1-3-6-17/h1-3,5-10,13-14H,4,11-12,15-16H2. The van der Waals surface area contributed by atoms with Crippen LogP contribution in [-0.4, -0.2) is 33.0 Å². The Hall–Kier alpha value is -3.03. The first-order valence-corrected chi connectivity index (χ1v) is 11.7. The largest absolute Gasteiger partial charge is 0.489 e. The highest BCUT2D eigenvalue weighted by Gasteiger charge is 2.18. The maximum Gasteiger partial charge on any atom is 0.192 e. The SMILES string of the molecule is Clc1cc(CSc2nnc(-c3ccncc3)n2Cc2ccccc2)cc2c1OCCCO2. The Bertz CT molecular complexity index is 1200. The van der Waals surface area contributed by atoms with E-state index in [0.717, 1.165) is 28.5 Å². The van der Waals surface area contributed by atoms with E-state index < -0.39 is 0 Å². The maximum absolute atomic E-state index is 6.47. The van der Waals surface area contributed by atoms with Crippen molar-refractivity contribution in [3.63, 3.8) is 0 Å². The van der Waals surface area contributed by atoms with Crippen molar-refractivity contribution in [2.75, 3.05) is 13.2 Å². The molecule has 32 heavy (non-hydrogen) atoms. The fraction of sp³-hybridized carbons (Fsp3) is 0.208. The fourth-order valence-electron chi connectivity index (χ4n) is 3.53. The van der Waals surface area contributed by atoms with Crippen LogP contribution in [0.1, 0.15) is 17.5 Å².